The number of benzene rings is 1. The Bertz CT molecular complexity index is 530. The summed E-state index contributed by atoms with van der Waals surface area (Å²) in [7, 11) is -0.410. The summed E-state index contributed by atoms with van der Waals surface area (Å²) in [5.74, 6) is 0.278. The lowest BCUT2D eigenvalue weighted by Crippen LogP contribution is -1.95. The van der Waals surface area contributed by atoms with E-state index in [0.29, 0.717) is 5.15 Å². The van der Waals surface area contributed by atoms with Gasteiger partial charge in [-0.05, 0) is 18.6 Å². The molecule has 0 aliphatic rings. The number of H-pyrrole nitrogens is 2. The maximum atomic E-state index is 9.44. The van der Waals surface area contributed by atoms with E-state index in [1.165, 1.54) is 4.32 Å². The molecule has 1 aromatic heterocycles. The summed E-state index contributed by atoms with van der Waals surface area (Å²) in [6, 6.07) is 5.37. The molecule has 86 valence electrons. The molecule has 0 bridgehead atoms. The lowest BCUT2D eigenvalue weighted by molar-refractivity contribution is 0.471. The Morgan fingerprint density at radius 3 is 2.81 bits per heavy atom. The highest BCUT2D eigenvalue weighted by Gasteiger charge is 2.12. The Hall–Kier alpha value is -1.04. The van der Waals surface area contributed by atoms with Crippen LogP contribution in [0.15, 0.2) is 23.6 Å². The molecule has 0 saturated heterocycles. The highest BCUT2D eigenvalue weighted by atomic mass is 35.5. The molecule has 2 rings (SSSR count). The Morgan fingerprint density at radius 1 is 1.44 bits per heavy atom. The van der Waals surface area contributed by atoms with Gasteiger partial charge in [0.25, 0.3) is 0 Å². The van der Waals surface area contributed by atoms with Gasteiger partial charge in [0, 0.05) is 12.1 Å². The molecule has 1 atom stereocenters. The van der Waals surface area contributed by atoms with Crippen LogP contribution in [0.2, 0.25) is 5.15 Å². The molecule has 2 aromatic rings. The highest BCUT2D eigenvalue weighted by Crippen LogP contribution is 2.31. The van der Waals surface area contributed by atoms with Gasteiger partial charge < -0.3 is 5.11 Å². The number of phenolic OH excluding ortho intramolecular Hbond substituents is 1. The third-order valence-electron chi connectivity index (χ3n) is 2.03. The third kappa shape index (κ3) is 2.37. The monoisotopic (exact) mass is 278 g/mol. The van der Waals surface area contributed by atoms with Gasteiger partial charge in [-0.2, -0.15) is 0 Å². The quantitative estimate of drug-likeness (QED) is 0.685. The van der Waals surface area contributed by atoms with Crippen molar-refractivity contribution in [3.8, 4) is 10.6 Å². The Morgan fingerprint density at radius 2 is 2.19 bits per heavy atom. The second-order valence-corrected chi connectivity index (χ2v) is 5.55. The molecule has 0 amide bonds. The fourth-order valence-corrected chi connectivity index (χ4v) is 3.24. The van der Waals surface area contributed by atoms with Crippen molar-refractivity contribution >= 4 is 34.0 Å². The number of hydrogen-bond acceptors (Lipinski definition) is 1. The number of rotatable bonds is 1. The number of aromatic nitrogens is 3. The van der Waals surface area contributed by atoms with Crippen LogP contribution in [0.5, 0.6) is 5.75 Å². The molecule has 3 N–H and O–H groups in total. The molecular formula is C9H10Cl2N3OS+. The van der Waals surface area contributed by atoms with Gasteiger partial charge in [0.2, 0.25) is 10.3 Å². The molecule has 1 heterocycles. The first kappa shape index (κ1) is 11.4. The number of aromatic amines is 2. The minimum Gasteiger partial charge on any atom is -0.508 e. The van der Waals surface area contributed by atoms with E-state index in [2.05, 4.69) is 9.59 Å². The molecule has 0 aliphatic carbocycles. The maximum Gasteiger partial charge on any atom is 0.204 e. The van der Waals surface area contributed by atoms with Crippen LogP contribution in [-0.4, -0.2) is 19.0 Å². The summed E-state index contributed by atoms with van der Waals surface area (Å²) in [5.41, 5.74) is 0.816. The summed E-state index contributed by atoms with van der Waals surface area (Å²) in [4.78, 5) is 1.00. The number of nitrogens with zero attached hydrogens (tertiary/aromatic N) is 1. The molecule has 0 aliphatic heterocycles. The van der Waals surface area contributed by atoms with E-state index in [1.807, 2.05) is 24.4 Å². The van der Waals surface area contributed by atoms with Crippen LogP contribution >= 0.6 is 34.0 Å². The standard InChI is InChI=1S/C9H9Cl2N3OS/c1-6-4-7(2-3-8(6)15)16-5-9(10)12-14(11)13-16/h2-5,12-13H,1H3/p+1. The van der Waals surface area contributed by atoms with Gasteiger partial charge in [-0.1, -0.05) is 20.4 Å². The second kappa shape index (κ2) is 4.45. The topological polar surface area (TPSA) is 56.7 Å². The van der Waals surface area contributed by atoms with Crippen LogP contribution < -0.4 is 0 Å². The predicted molar refractivity (Wildman–Crippen MR) is 67.2 cm³/mol. The molecule has 0 fully saturated rings. The van der Waals surface area contributed by atoms with E-state index in [9.17, 15) is 5.11 Å². The fourth-order valence-electron chi connectivity index (χ4n) is 1.24. The summed E-state index contributed by atoms with van der Waals surface area (Å²) in [5, 5.41) is 14.4. The maximum absolute atomic E-state index is 9.44. The number of halogens is 2. The minimum atomic E-state index is -0.410. The van der Waals surface area contributed by atoms with Crippen molar-refractivity contribution in [3.05, 3.63) is 34.3 Å². The lowest BCUT2D eigenvalue weighted by atomic mass is 10.2. The molecule has 0 radical (unpaired) electrons. The number of aryl methyl sites for hydroxylation is 1. The van der Waals surface area contributed by atoms with Crippen LogP contribution in [0, 0.1) is 6.92 Å². The minimum absolute atomic E-state index is 0.278. The number of aromatic hydroxyl groups is 1. The van der Waals surface area contributed by atoms with E-state index < -0.39 is 10.7 Å². The summed E-state index contributed by atoms with van der Waals surface area (Å²) in [6.45, 7) is 1.84. The smallest absolute Gasteiger partial charge is 0.204 e. The van der Waals surface area contributed by atoms with Crippen molar-refractivity contribution < 1.29 is 5.11 Å². The molecular weight excluding hydrogens is 269 g/mol. The molecule has 16 heavy (non-hydrogen) atoms. The van der Waals surface area contributed by atoms with Crippen molar-refractivity contribution in [2.24, 2.45) is 0 Å². The largest absolute Gasteiger partial charge is 0.508 e. The van der Waals surface area contributed by atoms with E-state index in [0.717, 1.165) is 10.5 Å². The average molecular weight is 279 g/mol. The SMILES string of the molecule is Cc1cc(-[s+]2cc(Cl)[nH]n(Cl)[nH]2)ccc1O. The van der Waals surface area contributed by atoms with Gasteiger partial charge in [-0.25, -0.2) is 0 Å². The molecule has 0 spiro atoms. The first-order valence-electron chi connectivity index (χ1n) is 4.45. The predicted octanol–water partition coefficient (Wildman–Crippen LogP) is 3.68. The normalized spacial score (nSPS) is 11.6. The van der Waals surface area contributed by atoms with Crippen molar-refractivity contribution in [1.29, 1.82) is 0 Å². The zero-order chi connectivity index (χ0) is 11.7. The van der Waals surface area contributed by atoms with Gasteiger partial charge in [0.15, 0.2) is 5.15 Å². The van der Waals surface area contributed by atoms with Gasteiger partial charge in [0.1, 0.15) is 16.4 Å². The molecule has 7 heteroatoms. The van der Waals surface area contributed by atoms with Crippen molar-refractivity contribution in [2.45, 2.75) is 6.92 Å². The van der Waals surface area contributed by atoms with Gasteiger partial charge in [-0.15, -0.1) is 0 Å². The second-order valence-electron chi connectivity index (χ2n) is 3.24. The van der Waals surface area contributed by atoms with Crippen LogP contribution in [0.3, 0.4) is 0 Å². The van der Waals surface area contributed by atoms with E-state index in [4.69, 9.17) is 23.4 Å². The van der Waals surface area contributed by atoms with Crippen LogP contribution in [0.4, 0.5) is 0 Å². The molecule has 0 saturated carbocycles. The Balaban J connectivity index is 2.54. The number of hydrogen-bond donors (Lipinski definition) is 3. The lowest BCUT2D eigenvalue weighted by Gasteiger charge is -2.00. The van der Waals surface area contributed by atoms with Gasteiger partial charge >= 0.3 is 0 Å². The summed E-state index contributed by atoms with van der Waals surface area (Å²) >= 11 is 11.6. The summed E-state index contributed by atoms with van der Waals surface area (Å²) in [6.07, 6.45) is 0. The zero-order valence-corrected chi connectivity index (χ0v) is 10.7. The van der Waals surface area contributed by atoms with Crippen molar-refractivity contribution in [3.63, 3.8) is 0 Å². The van der Waals surface area contributed by atoms with E-state index in [1.54, 1.807) is 6.07 Å². The van der Waals surface area contributed by atoms with Crippen LogP contribution in [-0.2, 0) is 0 Å². The molecule has 1 unspecified atom stereocenters. The third-order valence-corrected chi connectivity index (χ3v) is 4.23. The number of nitrogens with one attached hydrogen (secondary N) is 2. The number of phenols is 1. The van der Waals surface area contributed by atoms with Crippen molar-refractivity contribution in [1.82, 2.24) is 13.9 Å². The van der Waals surface area contributed by atoms with Crippen molar-refractivity contribution in [2.75, 3.05) is 0 Å². The summed E-state index contributed by atoms with van der Waals surface area (Å²) < 4.78 is 4.17. The zero-order valence-electron chi connectivity index (χ0n) is 8.37. The Labute approximate surface area is 105 Å². The highest BCUT2D eigenvalue weighted by molar-refractivity contribution is 7.33. The van der Waals surface area contributed by atoms with Crippen LogP contribution in [0.1, 0.15) is 5.56 Å². The molecule has 1 aromatic carbocycles. The fraction of sp³-hybridized carbons (Fsp3) is 0.111. The Kier molecular flexibility index (Phi) is 3.18. The van der Waals surface area contributed by atoms with Gasteiger partial charge in [-0.3, -0.25) is 5.10 Å². The van der Waals surface area contributed by atoms with E-state index >= 15 is 0 Å². The first-order valence-corrected chi connectivity index (χ1v) is 6.45. The average Bonchev–Trinajstić information content (AvgIpc) is 2.20. The molecule has 4 nitrogen and oxygen atoms in total. The first-order chi connectivity index (χ1) is 7.56. The van der Waals surface area contributed by atoms with Gasteiger partial charge in [0.05, 0.1) is 11.8 Å². The van der Waals surface area contributed by atoms with Crippen LogP contribution in [0.25, 0.3) is 4.90 Å². The van der Waals surface area contributed by atoms with E-state index in [-0.39, 0.29) is 5.75 Å².